The molecule has 0 unspecified atom stereocenters. The van der Waals surface area contributed by atoms with Gasteiger partial charge in [-0.15, -0.1) is 0 Å². The van der Waals surface area contributed by atoms with Crippen LogP contribution in [0.4, 0.5) is 5.69 Å². The number of β-lactam (4-membered cyclic amide) rings is 1. The molecule has 1 fully saturated rings. The summed E-state index contributed by atoms with van der Waals surface area (Å²) in [5, 5.41) is 10.2. The van der Waals surface area contributed by atoms with Crippen LogP contribution >= 0.6 is 0 Å². The Labute approximate surface area is 140 Å². The Bertz CT molecular complexity index is 741. The number of hydrogen-bond donors (Lipinski definition) is 1. The van der Waals surface area contributed by atoms with E-state index < -0.39 is 12.1 Å². The van der Waals surface area contributed by atoms with Gasteiger partial charge in [0.05, 0.1) is 7.11 Å². The Hall–Kier alpha value is -2.79. The number of carbonyl (C=O) groups excluding carboxylic acids is 1. The maximum Gasteiger partial charge on any atom is 0.259 e. The van der Waals surface area contributed by atoms with Crippen molar-refractivity contribution in [2.45, 2.75) is 12.1 Å². The van der Waals surface area contributed by atoms with Crippen LogP contribution in [-0.4, -0.2) is 30.8 Å². The number of para-hydroxylation sites is 1. The first-order valence-electron chi connectivity index (χ1n) is 7.65. The summed E-state index contributed by atoms with van der Waals surface area (Å²) in [6.45, 7) is 4.00. The van der Waals surface area contributed by atoms with Crippen LogP contribution in [-0.2, 0) is 4.79 Å². The Morgan fingerprint density at radius 3 is 2.58 bits per heavy atom. The molecule has 5 nitrogen and oxygen atoms in total. The van der Waals surface area contributed by atoms with Crippen LogP contribution in [0.1, 0.15) is 11.6 Å². The predicted octanol–water partition coefficient (Wildman–Crippen LogP) is 2.71. The number of methoxy groups -OCH3 is 1. The van der Waals surface area contributed by atoms with E-state index in [-0.39, 0.29) is 5.91 Å². The summed E-state index contributed by atoms with van der Waals surface area (Å²) in [7, 11) is 1.59. The van der Waals surface area contributed by atoms with Crippen molar-refractivity contribution in [3.05, 3.63) is 66.7 Å². The molecule has 1 aliphatic rings. The molecule has 1 heterocycles. The Morgan fingerprint density at radius 2 is 1.92 bits per heavy atom. The first kappa shape index (κ1) is 16.1. The minimum atomic E-state index is -1.08. The van der Waals surface area contributed by atoms with Gasteiger partial charge in [0.2, 0.25) is 0 Å². The Morgan fingerprint density at radius 1 is 1.21 bits per heavy atom. The molecule has 124 valence electrons. The molecular formula is C19H19NO4. The van der Waals surface area contributed by atoms with Crippen molar-refractivity contribution in [2.24, 2.45) is 0 Å². The molecule has 1 amide bonds. The highest BCUT2D eigenvalue weighted by atomic mass is 16.5. The fourth-order valence-corrected chi connectivity index (χ4v) is 2.82. The molecule has 0 spiro atoms. The third-order valence-electron chi connectivity index (χ3n) is 4.01. The van der Waals surface area contributed by atoms with Crippen LogP contribution < -0.4 is 14.4 Å². The summed E-state index contributed by atoms with van der Waals surface area (Å²) >= 11 is 0. The summed E-state index contributed by atoms with van der Waals surface area (Å²) < 4.78 is 10.8. The molecule has 0 bridgehead atoms. The molecule has 0 aliphatic carbocycles. The minimum Gasteiger partial charge on any atom is -0.497 e. The average Bonchev–Trinajstić information content (AvgIpc) is 2.64. The third-order valence-corrected chi connectivity index (χ3v) is 4.01. The largest absolute Gasteiger partial charge is 0.497 e. The minimum absolute atomic E-state index is 0.330. The first-order chi connectivity index (χ1) is 11.7. The van der Waals surface area contributed by atoms with Crippen molar-refractivity contribution in [1.29, 1.82) is 0 Å². The van der Waals surface area contributed by atoms with E-state index in [9.17, 15) is 9.90 Å². The lowest BCUT2D eigenvalue weighted by Crippen LogP contribution is -2.59. The zero-order valence-electron chi connectivity index (χ0n) is 13.4. The maximum atomic E-state index is 12.2. The number of carbonyl (C=O) groups is 1. The molecule has 0 saturated carbocycles. The van der Waals surface area contributed by atoms with Gasteiger partial charge in [-0.05, 0) is 30.3 Å². The number of benzene rings is 2. The highest BCUT2D eigenvalue weighted by Gasteiger charge is 2.49. The smallest absolute Gasteiger partial charge is 0.259 e. The van der Waals surface area contributed by atoms with Crippen molar-refractivity contribution in [3.63, 3.8) is 0 Å². The summed E-state index contributed by atoms with van der Waals surface area (Å²) in [5.41, 5.74) is 1.47. The fraction of sp³-hybridized carbons (Fsp3) is 0.211. The van der Waals surface area contributed by atoms with Crippen LogP contribution in [0.25, 0.3) is 0 Å². The van der Waals surface area contributed by atoms with Gasteiger partial charge in [0.1, 0.15) is 24.1 Å². The van der Waals surface area contributed by atoms with Crippen molar-refractivity contribution >= 4 is 11.6 Å². The second-order valence-electron chi connectivity index (χ2n) is 5.43. The second-order valence-corrected chi connectivity index (χ2v) is 5.43. The fourth-order valence-electron chi connectivity index (χ4n) is 2.82. The zero-order chi connectivity index (χ0) is 17.1. The van der Waals surface area contributed by atoms with Crippen molar-refractivity contribution < 1.29 is 19.4 Å². The Kier molecular flexibility index (Phi) is 4.53. The van der Waals surface area contributed by atoms with Crippen LogP contribution in [0.5, 0.6) is 11.5 Å². The molecule has 3 rings (SSSR count). The number of anilines is 1. The van der Waals surface area contributed by atoms with Gasteiger partial charge in [-0.2, -0.15) is 0 Å². The van der Waals surface area contributed by atoms with Gasteiger partial charge in [0.15, 0.2) is 6.10 Å². The van der Waals surface area contributed by atoms with Crippen LogP contribution in [0.15, 0.2) is 61.2 Å². The van der Waals surface area contributed by atoms with E-state index in [0.29, 0.717) is 23.8 Å². The lowest BCUT2D eigenvalue weighted by molar-refractivity contribution is -0.137. The molecule has 1 saturated heterocycles. The molecule has 2 aromatic carbocycles. The number of hydrogen-bond acceptors (Lipinski definition) is 4. The van der Waals surface area contributed by atoms with Crippen molar-refractivity contribution in [2.75, 3.05) is 18.6 Å². The van der Waals surface area contributed by atoms with Gasteiger partial charge < -0.3 is 14.6 Å². The molecular weight excluding hydrogens is 306 g/mol. The van der Waals surface area contributed by atoms with Crippen molar-refractivity contribution in [3.8, 4) is 11.5 Å². The molecule has 1 aliphatic heterocycles. The number of aliphatic hydroxyl groups excluding tert-OH is 1. The van der Waals surface area contributed by atoms with Gasteiger partial charge in [0.25, 0.3) is 5.91 Å². The molecule has 0 radical (unpaired) electrons. The summed E-state index contributed by atoms with van der Waals surface area (Å²) in [5.74, 6) is 1.01. The van der Waals surface area contributed by atoms with Crippen LogP contribution in [0.2, 0.25) is 0 Å². The van der Waals surface area contributed by atoms with E-state index >= 15 is 0 Å². The second kappa shape index (κ2) is 6.76. The summed E-state index contributed by atoms with van der Waals surface area (Å²) in [4.78, 5) is 13.8. The van der Waals surface area contributed by atoms with Gasteiger partial charge in [-0.1, -0.05) is 30.9 Å². The van der Waals surface area contributed by atoms with Gasteiger partial charge in [-0.3, -0.25) is 9.69 Å². The lowest BCUT2D eigenvalue weighted by Gasteiger charge is -2.45. The van der Waals surface area contributed by atoms with E-state index in [1.807, 2.05) is 24.3 Å². The molecule has 1 N–H and O–H groups in total. The highest BCUT2D eigenvalue weighted by molar-refractivity contribution is 6.05. The van der Waals surface area contributed by atoms with Gasteiger partial charge in [0, 0.05) is 11.3 Å². The number of aliphatic hydroxyl groups is 1. The summed E-state index contributed by atoms with van der Waals surface area (Å²) in [6, 6.07) is 14.1. The standard InChI is InChI=1S/C19H19NO4/c1-3-12-24-16-7-5-4-6-15(16)17-18(21)19(22)20(17)13-8-10-14(23-2)11-9-13/h3-11,17-18,21H,1,12H2,2H3/t17-,18+/m1/s1. The van der Waals surface area contributed by atoms with Crippen LogP contribution in [0.3, 0.4) is 0 Å². The zero-order valence-corrected chi connectivity index (χ0v) is 13.4. The van der Waals surface area contributed by atoms with Crippen LogP contribution in [0, 0.1) is 0 Å². The average molecular weight is 325 g/mol. The topological polar surface area (TPSA) is 59.0 Å². The van der Waals surface area contributed by atoms with E-state index in [4.69, 9.17) is 9.47 Å². The SMILES string of the molecule is C=CCOc1ccccc1[C@@H]1[C@H](O)C(=O)N1c1ccc(OC)cc1. The van der Waals surface area contributed by atoms with E-state index in [1.54, 1.807) is 42.4 Å². The number of ether oxygens (including phenoxy) is 2. The number of amides is 1. The highest BCUT2D eigenvalue weighted by Crippen LogP contribution is 2.42. The number of rotatable bonds is 6. The quantitative estimate of drug-likeness (QED) is 0.655. The van der Waals surface area contributed by atoms with Gasteiger partial charge in [-0.25, -0.2) is 0 Å². The lowest BCUT2D eigenvalue weighted by atomic mass is 9.89. The van der Waals surface area contributed by atoms with E-state index in [2.05, 4.69) is 6.58 Å². The van der Waals surface area contributed by atoms with E-state index in [1.165, 1.54) is 0 Å². The summed E-state index contributed by atoms with van der Waals surface area (Å²) in [6.07, 6.45) is 0.570. The third kappa shape index (κ3) is 2.74. The van der Waals surface area contributed by atoms with Gasteiger partial charge >= 0.3 is 0 Å². The molecule has 2 aromatic rings. The first-order valence-corrected chi connectivity index (χ1v) is 7.65. The molecule has 2 atom stereocenters. The monoisotopic (exact) mass is 325 g/mol. The van der Waals surface area contributed by atoms with E-state index in [0.717, 1.165) is 5.56 Å². The molecule has 0 aromatic heterocycles. The maximum absolute atomic E-state index is 12.2. The predicted molar refractivity (Wildman–Crippen MR) is 91.4 cm³/mol. The number of nitrogens with zero attached hydrogens (tertiary/aromatic N) is 1. The van der Waals surface area contributed by atoms with Crippen molar-refractivity contribution in [1.82, 2.24) is 0 Å². The molecule has 5 heteroatoms. The Balaban J connectivity index is 1.94. The normalized spacial score (nSPS) is 19.6. The molecule has 24 heavy (non-hydrogen) atoms.